The number of aromatic nitrogens is 2. The Labute approximate surface area is 117 Å². The molecule has 0 unspecified atom stereocenters. The first-order valence-electron chi connectivity index (χ1n) is 6.54. The number of hydrogen-bond acceptors (Lipinski definition) is 5. The van der Waals surface area contributed by atoms with E-state index in [-0.39, 0.29) is 0 Å². The minimum Gasteiger partial charge on any atom is -0.339 e. The van der Waals surface area contributed by atoms with Crippen LogP contribution < -0.4 is 5.32 Å². The maximum atomic E-state index is 5.25. The summed E-state index contributed by atoms with van der Waals surface area (Å²) in [5.41, 5.74) is 1.29. The van der Waals surface area contributed by atoms with Crippen LogP contribution in [0.3, 0.4) is 0 Å². The lowest BCUT2D eigenvalue weighted by atomic mass is 10.2. The third-order valence-electron chi connectivity index (χ3n) is 3.08. The van der Waals surface area contributed by atoms with Crippen molar-refractivity contribution in [1.29, 1.82) is 0 Å². The predicted octanol–water partition coefficient (Wildman–Crippen LogP) is 2.96. The molecule has 4 nitrogen and oxygen atoms in total. The highest BCUT2D eigenvalue weighted by atomic mass is 32.2. The van der Waals surface area contributed by atoms with Gasteiger partial charge in [0.25, 0.3) is 0 Å². The highest BCUT2D eigenvalue weighted by Crippen LogP contribution is 2.39. The minimum absolute atomic E-state index is 0.534. The Bertz CT molecular complexity index is 534. The van der Waals surface area contributed by atoms with Crippen LogP contribution >= 0.6 is 11.8 Å². The van der Waals surface area contributed by atoms with Crippen LogP contribution in [-0.4, -0.2) is 17.2 Å². The molecule has 1 aliphatic carbocycles. The summed E-state index contributed by atoms with van der Waals surface area (Å²) in [7, 11) is 1.95. The molecule has 0 radical (unpaired) electrons. The first-order chi connectivity index (χ1) is 9.35. The molecule has 3 rings (SSSR count). The van der Waals surface area contributed by atoms with Crippen molar-refractivity contribution in [3.05, 3.63) is 41.5 Å². The van der Waals surface area contributed by atoms with Crippen LogP contribution in [-0.2, 0) is 12.3 Å². The lowest BCUT2D eigenvalue weighted by molar-refractivity contribution is 0.375. The van der Waals surface area contributed by atoms with Crippen molar-refractivity contribution >= 4 is 11.8 Å². The summed E-state index contributed by atoms with van der Waals surface area (Å²) in [6, 6.07) is 8.56. The normalized spacial score (nSPS) is 14.8. The van der Waals surface area contributed by atoms with Crippen LogP contribution in [0.5, 0.6) is 0 Å². The Kier molecular flexibility index (Phi) is 3.84. The molecule has 100 valence electrons. The molecule has 0 aliphatic heterocycles. The van der Waals surface area contributed by atoms with Gasteiger partial charge in [0.2, 0.25) is 5.89 Å². The topological polar surface area (TPSA) is 51.0 Å². The van der Waals surface area contributed by atoms with Gasteiger partial charge in [0.15, 0.2) is 5.82 Å². The second-order valence-electron chi connectivity index (χ2n) is 4.79. The Morgan fingerprint density at radius 3 is 2.79 bits per heavy atom. The van der Waals surface area contributed by atoms with Gasteiger partial charge in [-0.15, -0.1) is 11.8 Å². The molecular weight excluding hydrogens is 258 g/mol. The van der Waals surface area contributed by atoms with E-state index in [0.29, 0.717) is 5.92 Å². The molecule has 1 fully saturated rings. The van der Waals surface area contributed by atoms with E-state index in [1.165, 1.54) is 23.3 Å². The van der Waals surface area contributed by atoms with E-state index < -0.39 is 0 Å². The SMILES string of the molecule is CNCc1ccc(SCc2noc(C3CC3)n2)cc1. The number of nitrogens with one attached hydrogen (secondary N) is 1. The van der Waals surface area contributed by atoms with Gasteiger partial charge in [0, 0.05) is 17.4 Å². The number of thioether (sulfide) groups is 1. The van der Waals surface area contributed by atoms with Crippen LogP contribution in [0.4, 0.5) is 0 Å². The molecule has 1 saturated carbocycles. The smallest absolute Gasteiger partial charge is 0.229 e. The lowest BCUT2D eigenvalue weighted by Crippen LogP contribution is -2.04. The summed E-state index contributed by atoms with van der Waals surface area (Å²) in [6.45, 7) is 0.903. The molecule has 19 heavy (non-hydrogen) atoms. The maximum Gasteiger partial charge on any atom is 0.229 e. The minimum atomic E-state index is 0.534. The third kappa shape index (κ3) is 3.36. The molecule has 1 aliphatic rings. The van der Waals surface area contributed by atoms with Gasteiger partial charge in [0.1, 0.15) is 0 Å². The lowest BCUT2D eigenvalue weighted by Gasteiger charge is -2.02. The molecule has 2 aromatic rings. The van der Waals surface area contributed by atoms with Crippen LogP contribution in [0.1, 0.15) is 36.0 Å². The Balaban J connectivity index is 1.55. The molecule has 0 amide bonds. The summed E-state index contributed by atoms with van der Waals surface area (Å²) in [4.78, 5) is 5.66. The van der Waals surface area contributed by atoms with Crippen molar-refractivity contribution in [1.82, 2.24) is 15.5 Å². The summed E-state index contributed by atoms with van der Waals surface area (Å²) in [6.07, 6.45) is 2.39. The van der Waals surface area contributed by atoms with Crippen molar-refractivity contribution in [2.45, 2.75) is 36.0 Å². The highest BCUT2D eigenvalue weighted by molar-refractivity contribution is 7.98. The Morgan fingerprint density at radius 2 is 2.11 bits per heavy atom. The van der Waals surface area contributed by atoms with E-state index in [1.54, 1.807) is 11.8 Å². The molecule has 0 atom stereocenters. The van der Waals surface area contributed by atoms with E-state index in [4.69, 9.17) is 4.52 Å². The van der Waals surface area contributed by atoms with Gasteiger partial charge < -0.3 is 9.84 Å². The zero-order chi connectivity index (χ0) is 13.1. The number of rotatable bonds is 6. The average molecular weight is 275 g/mol. The summed E-state index contributed by atoms with van der Waals surface area (Å²) < 4.78 is 5.25. The zero-order valence-corrected chi connectivity index (χ0v) is 11.7. The molecule has 5 heteroatoms. The highest BCUT2D eigenvalue weighted by Gasteiger charge is 2.29. The van der Waals surface area contributed by atoms with Crippen molar-refractivity contribution in [2.24, 2.45) is 0 Å². The average Bonchev–Trinajstić information content (AvgIpc) is 3.18. The molecular formula is C14H17N3OS. The van der Waals surface area contributed by atoms with Gasteiger partial charge >= 0.3 is 0 Å². The molecule has 0 spiro atoms. The van der Waals surface area contributed by atoms with Crippen molar-refractivity contribution in [3.63, 3.8) is 0 Å². The molecule has 1 heterocycles. The van der Waals surface area contributed by atoms with Crippen LogP contribution in [0.15, 0.2) is 33.7 Å². The summed E-state index contributed by atoms with van der Waals surface area (Å²) in [5, 5.41) is 7.16. The van der Waals surface area contributed by atoms with E-state index in [0.717, 1.165) is 24.0 Å². The Morgan fingerprint density at radius 1 is 1.32 bits per heavy atom. The fourth-order valence-electron chi connectivity index (χ4n) is 1.88. The van der Waals surface area contributed by atoms with Gasteiger partial charge in [-0.2, -0.15) is 4.98 Å². The Hall–Kier alpha value is -1.33. The fourth-order valence-corrected chi connectivity index (χ4v) is 2.62. The standard InChI is InChI=1S/C14H17N3OS/c1-15-8-10-2-6-12(7-3-10)19-9-13-16-14(18-17-13)11-4-5-11/h2-3,6-7,11,15H,4-5,8-9H2,1H3. The molecule has 1 aromatic carbocycles. The monoisotopic (exact) mass is 275 g/mol. The van der Waals surface area contributed by atoms with E-state index in [2.05, 4.69) is 39.7 Å². The second kappa shape index (κ2) is 5.75. The van der Waals surface area contributed by atoms with E-state index in [1.807, 2.05) is 7.05 Å². The fraction of sp³-hybridized carbons (Fsp3) is 0.429. The van der Waals surface area contributed by atoms with Crippen molar-refractivity contribution in [2.75, 3.05) is 7.05 Å². The molecule has 1 aromatic heterocycles. The van der Waals surface area contributed by atoms with E-state index >= 15 is 0 Å². The number of nitrogens with zero attached hydrogens (tertiary/aromatic N) is 2. The van der Waals surface area contributed by atoms with Gasteiger partial charge in [-0.25, -0.2) is 0 Å². The quantitative estimate of drug-likeness (QED) is 0.821. The first-order valence-corrected chi connectivity index (χ1v) is 7.52. The number of hydrogen-bond donors (Lipinski definition) is 1. The summed E-state index contributed by atoms with van der Waals surface area (Å²) in [5.74, 6) is 2.92. The van der Waals surface area contributed by atoms with Crippen LogP contribution in [0, 0.1) is 0 Å². The predicted molar refractivity (Wildman–Crippen MR) is 75.0 cm³/mol. The van der Waals surface area contributed by atoms with Gasteiger partial charge in [0.05, 0.1) is 5.75 Å². The van der Waals surface area contributed by atoms with Gasteiger partial charge in [-0.1, -0.05) is 17.3 Å². The van der Waals surface area contributed by atoms with Crippen molar-refractivity contribution in [3.8, 4) is 0 Å². The molecule has 0 bridgehead atoms. The van der Waals surface area contributed by atoms with E-state index in [9.17, 15) is 0 Å². The maximum absolute atomic E-state index is 5.25. The largest absolute Gasteiger partial charge is 0.339 e. The number of benzene rings is 1. The van der Waals surface area contributed by atoms with Gasteiger partial charge in [-0.05, 0) is 37.6 Å². The second-order valence-corrected chi connectivity index (χ2v) is 5.83. The van der Waals surface area contributed by atoms with Crippen molar-refractivity contribution < 1.29 is 4.52 Å². The molecule has 0 saturated heterocycles. The van der Waals surface area contributed by atoms with Crippen LogP contribution in [0.2, 0.25) is 0 Å². The van der Waals surface area contributed by atoms with Gasteiger partial charge in [-0.3, -0.25) is 0 Å². The third-order valence-corrected chi connectivity index (χ3v) is 4.09. The first kappa shape index (κ1) is 12.7. The van der Waals surface area contributed by atoms with Crippen LogP contribution in [0.25, 0.3) is 0 Å². The summed E-state index contributed by atoms with van der Waals surface area (Å²) >= 11 is 1.74. The zero-order valence-electron chi connectivity index (χ0n) is 10.9. The molecule has 1 N–H and O–H groups in total.